The molecular formula is C10H9ClN4. The van der Waals surface area contributed by atoms with Gasteiger partial charge in [0.25, 0.3) is 0 Å². The SMILES string of the molecule is CCn1nc(C)c2c(Cl)c(C#N)cnc21. The molecule has 0 bridgehead atoms. The molecule has 2 aromatic rings. The summed E-state index contributed by atoms with van der Waals surface area (Å²) in [4.78, 5) is 4.20. The molecule has 76 valence electrons. The molecule has 0 unspecified atom stereocenters. The third kappa shape index (κ3) is 1.36. The first-order valence-electron chi connectivity index (χ1n) is 4.60. The Balaban J connectivity index is 2.89. The first-order valence-corrected chi connectivity index (χ1v) is 4.98. The van der Waals surface area contributed by atoms with Gasteiger partial charge >= 0.3 is 0 Å². The van der Waals surface area contributed by atoms with Crippen LogP contribution in [0.5, 0.6) is 0 Å². The van der Waals surface area contributed by atoms with Gasteiger partial charge in [-0.2, -0.15) is 10.4 Å². The van der Waals surface area contributed by atoms with E-state index in [1.165, 1.54) is 6.20 Å². The number of pyridine rings is 1. The normalized spacial score (nSPS) is 10.5. The number of aromatic nitrogens is 3. The summed E-state index contributed by atoms with van der Waals surface area (Å²) in [6, 6.07) is 2.01. The smallest absolute Gasteiger partial charge is 0.159 e. The zero-order valence-corrected chi connectivity index (χ0v) is 9.21. The third-order valence-corrected chi connectivity index (χ3v) is 2.69. The van der Waals surface area contributed by atoms with Gasteiger partial charge in [0.05, 0.1) is 21.7 Å². The van der Waals surface area contributed by atoms with Crippen LogP contribution < -0.4 is 0 Å². The Morgan fingerprint density at radius 3 is 2.93 bits per heavy atom. The second-order valence-electron chi connectivity index (χ2n) is 3.20. The molecule has 0 saturated carbocycles. The van der Waals surface area contributed by atoms with Crippen LogP contribution in [0.25, 0.3) is 11.0 Å². The summed E-state index contributed by atoms with van der Waals surface area (Å²) < 4.78 is 1.78. The molecule has 5 heteroatoms. The molecule has 0 radical (unpaired) electrons. The van der Waals surface area contributed by atoms with Crippen molar-refractivity contribution < 1.29 is 0 Å². The van der Waals surface area contributed by atoms with Gasteiger partial charge in [0.15, 0.2) is 5.65 Å². The van der Waals surface area contributed by atoms with E-state index in [9.17, 15) is 0 Å². The van der Waals surface area contributed by atoms with Gasteiger partial charge in [0.1, 0.15) is 6.07 Å². The van der Waals surface area contributed by atoms with Crippen LogP contribution in [0.2, 0.25) is 5.02 Å². The van der Waals surface area contributed by atoms with Gasteiger partial charge in [-0.1, -0.05) is 11.6 Å². The molecule has 0 aliphatic rings. The number of rotatable bonds is 1. The van der Waals surface area contributed by atoms with E-state index in [4.69, 9.17) is 16.9 Å². The Kier molecular flexibility index (Phi) is 2.33. The van der Waals surface area contributed by atoms with Crippen LogP contribution in [0.3, 0.4) is 0 Å². The van der Waals surface area contributed by atoms with E-state index in [-0.39, 0.29) is 0 Å². The minimum atomic E-state index is 0.392. The zero-order valence-electron chi connectivity index (χ0n) is 8.45. The average molecular weight is 221 g/mol. The predicted molar refractivity (Wildman–Crippen MR) is 57.7 cm³/mol. The Labute approximate surface area is 92.1 Å². The van der Waals surface area contributed by atoms with Crippen LogP contribution in [0.1, 0.15) is 18.2 Å². The van der Waals surface area contributed by atoms with Crippen molar-refractivity contribution >= 4 is 22.6 Å². The molecule has 15 heavy (non-hydrogen) atoms. The lowest BCUT2D eigenvalue weighted by Gasteiger charge is -1.98. The van der Waals surface area contributed by atoms with Gasteiger partial charge in [-0.3, -0.25) is 0 Å². The van der Waals surface area contributed by atoms with Crippen molar-refractivity contribution in [2.75, 3.05) is 0 Å². The fourth-order valence-corrected chi connectivity index (χ4v) is 1.89. The van der Waals surface area contributed by atoms with Crippen LogP contribution in [0.4, 0.5) is 0 Å². The second-order valence-corrected chi connectivity index (χ2v) is 3.58. The summed E-state index contributed by atoms with van der Waals surface area (Å²) in [6.07, 6.45) is 1.48. The van der Waals surface area contributed by atoms with E-state index in [0.717, 1.165) is 23.3 Å². The van der Waals surface area contributed by atoms with Crippen molar-refractivity contribution in [2.24, 2.45) is 0 Å². The highest BCUT2D eigenvalue weighted by Crippen LogP contribution is 2.27. The molecule has 0 aromatic carbocycles. The summed E-state index contributed by atoms with van der Waals surface area (Å²) in [5.41, 5.74) is 1.93. The molecular weight excluding hydrogens is 212 g/mol. The van der Waals surface area contributed by atoms with Crippen LogP contribution in [-0.2, 0) is 6.54 Å². The molecule has 0 aliphatic heterocycles. The summed E-state index contributed by atoms with van der Waals surface area (Å²) >= 11 is 6.10. The Hall–Kier alpha value is -1.60. The van der Waals surface area contributed by atoms with Crippen molar-refractivity contribution in [3.8, 4) is 6.07 Å². The van der Waals surface area contributed by atoms with Gasteiger partial charge in [-0.05, 0) is 13.8 Å². The maximum absolute atomic E-state index is 8.83. The average Bonchev–Trinajstić information content (AvgIpc) is 2.56. The number of aryl methyl sites for hydroxylation is 2. The molecule has 0 aliphatic carbocycles. The standard InChI is InChI=1S/C10H9ClN4/c1-3-15-10-8(6(2)14-15)9(11)7(4-12)5-13-10/h5H,3H2,1-2H3. The molecule has 0 amide bonds. The highest BCUT2D eigenvalue weighted by atomic mass is 35.5. The maximum Gasteiger partial charge on any atom is 0.159 e. The van der Waals surface area contributed by atoms with Crippen molar-refractivity contribution in [1.29, 1.82) is 5.26 Å². The maximum atomic E-state index is 8.83. The number of nitrogens with zero attached hydrogens (tertiary/aromatic N) is 4. The summed E-state index contributed by atoms with van der Waals surface area (Å²) in [7, 11) is 0. The first kappa shape index (κ1) is 9.94. The Morgan fingerprint density at radius 1 is 1.60 bits per heavy atom. The van der Waals surface area contributed by atoms with Gasteiger partial charge in [-0.15, -0.1) is 0 Å². The molecule has 0 spiro atoms. The van der Waals surface area contributed by atoms with E-state index >= 15 is 0 Å². The third-order valence-electron chi connectivity index (χ3n) is 2.29. The number of hydrogen-bond donors (Lipinski definition) is 0. The van der Waals surface area contributed by atoms with Crippen LogP contribution >= 0.6 is 11.6 Å². The van der Waals surface area contributed by atoms with Gasteiger partial charge in [-0.25, -0.2) is 9.67 Å². The van der Waals surface area contributed by atoms with Crippen LogP contribution in [-0.4, -0.2) is 14.8 Å². The van der Waals surface area contributed by atoms with Gasteiger partial charge < -0.3 is 0 Å². The summed E-state index contributed by atoms with van der Waals surface area (Å²) in [5, 5.41) is 14.4. The van der Waals surface area contributed by atoms with Gasteiger partial charge in [0, 0.05) is 12.7 Å². The molecule has 0 fully saturated rings. The van der Waals surface area contributed by atoms with E-state index in [1.807, 2.05) is 19.9 Å². The zero-order chi connectivity index (χ0) is 11.0. The molecule has 2 rings (SSSR count). The first-order chi connectivity index (χ1) is 7.19. The van der Waals surface area contributed by atoms with Crippen molar-refractivity contribution in [2.45, 2.75) is 20.4 Å². The lowest BCUT2D eigenvalue weighted by molar-refractivity contribution is 0.669. The molecule has 0 saturated heterocycles. The van der Waals surface area contributed by atoms with Crippen LogP contribution in [0, 0.1) is 18.3 Å². The lowest BCUT2D eigenvalue weighted by Crippen LogP contribution is -1.97. The van der Waals surface area contributed by atoms with Gasteiger partial charge in [0.2, 0.25) is 0 Å². The minimum Gasteiger partial charge on any atom is -0.247 e. The summed E-state index contributed by atoms with van der Waals surface area (Å²) in [5.74, 6) is 0. The highest BCUT2D eigenvalue weighted by Gasteiger charge is 2.14. The predicted octanol–water partition coefficient (Wildman–Crippen LogP) is 2.28. The fourth-order valence-electron chi connectivity index (χ4n) is 1.57. The van der Waals surface area contributed by atoms with Crippen molar-refractivity contribution in [3.63, 3.8) is 0 Å². The monoisotopic (exact) mass is 220 g/mol. The fraction of sp³-hybridized carbons (Fsp3) is 0.300. The second kappa shape index (κ2) is 3.52. The van der Waals surface area contributed by atoms with Crippen LogP contribution in [0.15, 0.2) is 6.20 Å². The molecule has 0 atom stereocenters. The summed E-state index contributed by atoms with van der Waals surface area (Å²) in [6.45, 7) is 4.59. The molecule has 2 heterocycles. The highest BCUT2D eigenvalue weighted by molar-refractivity contribution is 6.36. The van der Waals surface area contributed by atoms with E-state index in [2.05, 4.69) is 10.1 Å². The lowest BCUT2D eigenvalue weighted by atomic mass is 10.2. The Bertz CT molecular complexity index is 565. The molecule has 2 aromatic heterocycles. The van der Waals surface area contributed by atoms with Crippen molar-refractivity contribution in [1.82, 2.24) is 14.8 Å². The van der Waals surface area contributed by atoms with E-state index in [1.54, 1.807) is 4.68 Å². The number of hydrogen-bond acceptors (Lipinski definition) is 3. The van der Waals surface area contributed by atoms with Crippen molar-refractivity contribution in [3.05, 3.63) is 22.5 Å². The quantitative estimate of drug-likeness (QED) is 0.741. The largest absolute Gasteiger partial charge is 0.247 e. The molecule has 0 N–H and O–H groups in total. The number of nitriles is 1. The molecule has 4 nitrogen and oxygen atoms in total. The van der Waals surface area contributed by atoms with E-state index < -0.39 is 0 Å². The Morgan fingerprint density at radius 2 is 2.33 bits per heavy atom. The van der Waals surface area contributed by atoms with E-state index in [0.29, 0.717) is 10.6 Å². The topological polar surface area (TPSA) is 54.5 Å². The minimum absolute atomic E-state index is 0.392. The number of halogens is 1. The number of fused-ring (bicyclic) bond motifs is 1.